The van der Waals surface area contributed by atoms with Crippen molar-refractivity contribution in [2.45, 2.75) is 51.1 Å². The molecule has 24 heavy (non-hydrogen) atoms. The standard InChI is InChI=1S/C21H24N2O/c1-14-8-4-5-9-17(14)23-15(2)19-18(21(23)11-6-7-12-21)16-10-13-24-20(16)22(19)3/h4-5,8-10,13,15H,6-7,11-12H2,1-3H3. The van der Waals surface area contributed by atoms with Crippen molar-refractivity contribution >= 4 is 16.8 Å². The van der Waals surface area contributed by atoms with Gasteiger partial charge in [-0.25, -0.2) is 0 Å². The molecule has 124 valence electrons. The third-order valence-corrected chi connectivity index (χ3v) is 6.35. The molecule has 1 aromatic carbocycles. The SMILES string of the molecule is Cc1ccccc1N1C(C)c2c(c3ccoc3n2C)C12CCCC2. The van der Waals surface area contributed by atoms with Crippen LogP contribution in [0.3, 0.4) is 0 Å². The minimum atomic E-state index is 0.129. The number of para-hydroxylation sites is 1. The molecule has 2 aromatic heterocycles. The van der Waals surface area contributed by atoms with Gasteiger partial charge >= 0.3 is 0 Å². The number of benzene rings is 1. The van der Waals surface area contributed by atoms with E-state index in [4.69, 9.17) is 4.42 Å². The maximum atomic E-state index is 5.81. The van der Waals surface area contributed by atoms with Crippen molar-refractivity contribution in [3.05, 3.63) is 53.4 Å². The quantitative estimate of drug-likeness (QED) is 0.596. The van der Waals surface area contributed by atoms with E-state index in [1.165, 1.54) is 53.6 Å². The van der Waals surface area contributed by atoms with Gasteiger partial charge < -0.3 is 13.9 Å². The fraction of sp³-hybridized carbons (Fsp3) is 0.429. The first-order valence-corrected chi connectivity index (χ1v) is 9.06. The average molecular weight is 320 g/mol. The molecule has 3 aromatic rings. The predicted molar refractivity (Wildman–Crippen MR) is 97.4 cm³/mol. The summed E-state index contributed by atoms with van der Waals surface area (Å²) in [5.74, 6) is 0. The first kappa shape index (κ1) is 14.2. The molecule has 2 aliphatic rings. The van der Waals surface area contributed by atoms with Crippen molar-refractivity contribution in [1.29, 1.82) is 0 Å². The predicted octanol–water partition coefficient (Wildman–Crippen LogP) is 5.43. The van der Waals surface area contributed by atoms with Gasteiger partial charge in [-0.05, 0) is 44.4 Å². The summed E-state index contributed by atoms with van der Waals surface area (Å²) in [6, 6.07) is 11.4. The Bertz CT molecular complexity index is 927. The Kier molecular flexibility index (Phi) is 2.77. The van der Waals surface area contributed by atoms with Gasteiger partial charge in [0.15, 0.2) is 0 Å². The van der Waals surface area contributed by atoms with Gasteiger partial charge in [-0.2, -0.15) is 0 Å². The molecule has 0 amide bonds. The van der Waals surface area contributed by atoms with Crippen LogP contribution in [0.15, 0.2) is 41.0 Å². The molecule has 1 aliphatic carbocycles. The zero-order valence-corrected chi connectivity index (χ0v) is 14.7. The second kappa shape index (κ2) is 4.69. The Balaban J connectivity index is 1.82. The first-order chi connectivity index (χ1) is 11.6. The second-order valence-electron chi connectivity index (χ2n) is 7.53. The largest absolute Gasteiger partial charge is 0.448 e. The Hall–Kier alpha value is -2.16. The molecular weight excluding hydrogens is 296 g/mol. The van der Waals surface area contributed by atoms with Gasteiger partial charge in [-0.1, -0.05) is 31.0 Å². The second-order valence-corrected chi connectivity index (χ2v) is 7.53. The molecule has 1 saturated carbocycles. The van der Waals surface area contributed by atoms with Crippen molar-refractivity contribution in [3.8, 4) is 0 Å². The smallest absolute Gasteiger partial charge is 0.206 e. The van der Waals surface area contributed by atoms with Crippen LogP contribution < -0.4 is 4.90 Å². The van der Waals surface area contributed by atoms with E-state index in [0.29, 0.717) is 6.04 Å². The zero-order valence-electron chi connectivity index (χ0n) is 14.7. The van der Waals surface area contributed by atoms with Gasteiger partial charge in [0.25, 0.3) is 0 Å². The molecule has 1 unspecified atom stereocenters. The van der Waals surface area contributed by atoms with Crippen molar-refractivity contribution in [2.24, 2.45) is 7.05 Å². The number of furan rings is 1. The summed E-state index contributed by atoms with van der Waals surface area (Å²) in [5.41, 5.74) is 6.88. The highest BCUT2D eigenvalue weighted by Gasteiger charge is 2.53. The summed E-state index contributed by atoms with van der Waals surface area (Å²) in [7, 11) is 2.16. The lowest BCUT2D eigenvalue weighted by atomic mass is 9.88. The van der Waals surface area contributed by atoms with Gasteiger partial charge in [-0.3, -0.25) is 0 Å². The number of anilines is 1. The molecule has 3 nitrogen and oxygen atoms in total. The molecular formula is C21H24N2O. The summed E-state index contributed by atoms with van der Waals surface area (Å²) in [4.78, 5) is 2.71. The molecule has 3 heteroatoms. The van der Waals surface area contributed by atoms with Crippen LogP contribution in [0.25, 0.3) is 11.1 Å². The Labute approximate surface area is 142 Å². The van der Waals surface area contributed by atoms with Crippen LogP contribution in [-0.2, 0) is 12.6 Å². The van der Waals surface area contributed by atoms with Crippen LogP contribution in [0, 0.1) is 6.92 Å². The fourth-order valence-corrected chi connectivity index (χ4v) is 5.48. The Morgan fingerprint density at radius 3 is 2.62 bits per heavy atom. The maximum absolute atomic E-state index is 5.81. The molecule has 0 N–H and O–H groups in total. The number of hydrogen-bond acceptors (Lipinski definition) is 2. The van der Waals surface area contributed by atoms with Crippen molar-refractivity contribution in [3.63, 3.8) is 0 Å². The summed E-state index contributed by atoms with van der Waals surface area (Å²) >= 11 is 0. The first-order valence-electron chi connectivity index (χ1n) is 9.06. The van der Waals surface area contributed by atoms with E-state index < -0.39 is 0 Å². The van der Waals surface area contributed by atoms with Gasteiger partial charge in [0.1, 0.15) is 0 Å². The van der Waals surface area contributed by atoms with E-state index in [0.717, 1.165) is 5.71 Å². The summed E-state index contributed by atoms with van der Waals surface area (Å²) in [6.45, 7) is 4.60. The van der Waals surface area contributed by atoms with Crippen LogP contribution in [0.4, 0.5) is 5.69 Å². The third-order valence-electron chi connectivity index (χ3n) is 6.35. The van der Waals surface area contributed by atoms with Crippen molar-refractivity contribution < 1.29 is 4.42 Å². The van der Waals surface area contributed by atoms with Gasteiger partial charge in [0, 0.05) is 29.4 Å². The lowest BCUT2D eigenvalue weighted by Gasteiger charge is -2.41. The molecule has 1 atom stereocenters. The molecule has 1 fully saturated rings. The summed E-state index contributed by atoms with van der Waals surface area (Å²) in [5, 5.41) is 1.32. The number of aryl methyl sites for hydroxylation is 2. The highest BCUT2D eigenvalue weighted by Crippen LogP contribution is 2.59. The van der Waals surface area contributed by atoms with E-state index in [-0.39, 0.29) is 5.54 Å². The normalized spacial score (nSPS) is 22.0. The highest BCUT2D eigenvalue weighted by atomic mass is 16.3. The molecule has 0 radical (unpaired) electrons. The fourth-order valence-electron chi connectivity index (χ4n) is 5.48. The van der Waals surface area contributed by atoms with Crippen LogP contribution >= 0.6 is 0 Å². The van der Waals surface area contributed by atoms with Crippen LogP contribution in [0.1, 0.15) is 55.5 Å². The van der Waals surface area contributed by atoms with Crippen LogP contribution in [0.5, 0.6) is 0 Å². The minimum absolute atomic E-state index is 0.129. The van der Waals surface area contributed by atoms with Gasteiger partial charge in [0.2, 0.25) is 5.71 Å². The highest BCUT2D eigenvalue weighted by molar-refractivity contribution is 5.86. The average Bonchev–Trinajstić information content (AvgIpc) is 3.30. The van der Waals surface area contributed by atoms with E-state index >= 15 is 0 Å². The Morgan fingerprint density at radius 1 is 1.12 bits per heavy atom. The number of rotatable bonds is 1. The van der Waals surface area contributed by atoms with E-state index in [9.17, 15) is 0 Å². The van der Waals surface area contributed by atoms with Gasteiger partial charge in [0.05, 0.1) is 17.8 Å². The van der Waals surface area contributed by atoms with Crippen molar-refractivity contribution in [2.75, 3.05) is 4.90 Å². The molecule has 0 saturated heterocycles. The lowest BCUT2D eigenvalue weighted by Crippen LogP contribution is -2.40. The molecule has 3 heterocycles. The zero-order chi connectivity index (χ0) is 16.5. The maximum Gasteiger partial charge on any atom is 0.206 e. The monoisotopic (exact) mass is 320 g/mol. The molecule has 0 bridgehead atoms. The number of fused-ring (bicyclic) bond motifs is 4. The van der Waals surface area contributed by atoms with Gasteiger partial charge in [-0.15, -0.1) is 0 Å². The summed E-state index contributed by atoms with van der Waals surface area (Å²) < 4.78 is 8.09. The van der Waals surface area contributed by atoms with E-state index in [1.807, 2.05) is 6.26 Å². The molecule has 5 rings (SSSR count). The third kappa shape index (κ3) is 1.53. The van der Waals surface area contributed by atoms with E-state index in [2.05, 4.69) is 60.7 Å². The van der Waals surface area contributed by atoms with Crippen LogP contribution in [0.2, 0.25) is 0 Å². The van der Waals surface area contributed by atoms with E-state index in [1.54, 1.807) is 0 Å². The Morgan fingerprint density at radius 2 is 1.88 bits per heavy atom. The number of aromatic nitrogens is 1. The topological polar surface area (TPSA) is 21.3 Å². The molecule has 1 spiro atoms. The number of nitrogens with zero attached hydrogens (tertiary/aromatic N) is 2. The summed E-state index contributed by atoms with van der Waals surface area (Å²) in [6.07, 6.45) is 6.94. The number of hydrogen-bond donors (Lipinski definition) is 0. The minimum Gasteiger partial charge on any atom is -0.448 e. The van der Waals surface area contributed by atoms with Crippen LogP contribution in [-0.4, -0.2) is 4.57 Å². The molecule has 1 aliphatic heterocycles. The van der Waals surface area contributed by atoms with Crippen molar-refractivity contribution in [1.82, 2.24) is 4.57 Å². The lowest BCUT2D eigenvalue weighted by molar-refractivity contribution is 0.416.